The number of halogens is 2. The highest BCUT2D eigenvalue weighted by atomic mass is 19.2. The molecule has 86 valence electrons. The van der Waals surface area contributed by atoms with Crippen LogP contribution in [-0.2, 0) is 6.54 Å². The smallest absolute Gasteiger partial charge is 0.255 e. The van der Waals surface area contributed by atoms with Crippen molar-refractivity contribution in [2.75, 3.05) is 0 Å². The normalized spacial score (nSPS) is 15.6. The lowest BCUT2D eigenvalue weighted by Gasteiger charge is -2.31. The molecule has 1 aromatic carbocycles. The molecule has 2 nitrogen and oxygen atoms in total. The second-order valence-electron chi connectivity index (χ2n) is 4.95. The van der Waals surface area contributed by atoms with Gasteiger partial charge in [0.25, 0.3) is 5.91 Å². The van der Waals surface area contributed by atoms with Crippen molar-refractivity contribution in [3.8, 4) is 0 Å². The standard InChI is InChI=1S/C12H13F2NO/c1-12(2,3)15-6-8-7(11(15)16)4-5-9(13)10(8)14/h4-5H,6H2,1-3H3. The third-order valence-corrected chi connectivity index (χ3v) is 2.80. The number of fused-ring (bicyclic) bond motifs is 1. The lowest BCUT2D eigenvalue weighted by Crippen LogP contribution is -2.41. The molecule has 4 heteroatoms. The molecule has 0 fully saturated rings. The number of benzene rings is 1. The number of hydrogen-bond acceptors (Lipinski definition) is 1. The van der Waals surface area contributed by atoms with Crippen LogP contribution in [0.25, 0.3) is 0 Å². The Morgan fingerprint density at radius 2 is 1.88 bits per heavy atom. The van der Waals surface area contributed by atoms with Gasteiger partial charge in [-0.1, -0.05) is 0 Å². The summed E-state index contributed by atoms with van der Waals surface area (Å²) < 4.78 is 26.5. The minimum atomic E-state index is -0.905. The fraction of sp³-hybridized carbons (Fsp3) is 0.417. The van der Waals surface area contributed by atoms with Gasteiger partial charge < -0.3 is 4.90 Å². The molecule has 0 atom stereocenters. The van der Waals surface area contributed by atoms with Crippen molar-refractivity contribution in [2.24, 2.45) is 0 Å². The highest BCUT2D eigenvalue weighted by molar-refractivity contribution is 5.98. The maximum atomic E-state index is 13.5. The van der Waals surface area contributed by atoms with Gasteiger partial charge in [0.1, 0.15) is 0 Å². The lowest BCUT2D eigenvalue weighted by atomic mass is 10.1. The Labute approximate surface area is 92.9 Å². The lowest BCUT2D eigenvalue weighted by molar-refractivity contribution is 0.0608. The van der Waals surface area contributed by atoms with E-state index in [1.165, 1.54) is 6.07 Å². The molecule has 0 bridgehead atoms. The van der Waals surface area contributed by atoms with Gasteiger partial charge >= 0.3 is 0 Å². The van der Waals surface area contributed by atoms with Gasteiger partial charge in [-0.15, -0.1) is 0 Å². The van der Waals surface area contributed by atoms with Crippen LogP contribution in [0, 0.1) is 11.6 Å². The zero-order chi connectivity index (χ0) is 12.1. The van der Waals surface area contributed by atoms with Crippen LogP contribution < -0.4 is 0 Å². The summed E-state index contributed by atoms with van der Waals surface area (Å²) in [6, 6.07) is 2.35. The fourth-order valence-corrected chi connectivity index (χ4v) is 1.86. The molecular formula is C12H13F2NO. The van der Waals surface area contributed by atoms with E-state index in [0.717, 1.165) is 6.07 Å². The van der Waals surface area contributed by atoms with Crippen LogP contribution in [0.4, 0.5) is 8.78 Å². The van der Waals surface area contributed by atoms with Crippen LogP contribution in [0.15, 0.2) is 12.1 Å². The summed E-state index contributed by atoms with van der Waals surface area (Å²) >= 11 is 0. The van der Waals surface area contributed by atoms with Crippen LogP contribution in [0.3, 0.4) is 0 Å². The Hall–Kier alpha value is -1.45. The molecule has 1 heterocycles. The maximum Gasteiger partial charge on any atom is 0.255 e. The van der Waals surface area contributed by atoms with Crippen LogP contribution in [0.1, 0.15) is 36.7 Å². The Balaban J connectivity index is 2.50. The van der Waals surface area contributed by atoms with E-state index >= 15 is 0 Å². The maximum absolute atomic E-state index is 13.5. The van der Waals surface area contributed by atoms with Gasteiger partial charge in [0, 0.05) is 16.7 Å². The summed E-state index contributed by atoms with van der Waals surface area (Å²) in [7, 11) is 0. The molecule has 0 saturated carbocycles. The number of hydrogen-bond donors (Lipinski definition) is 0. The molecule has 0 saturated heterocycles. The van der Waals surface area contributed by atoms with Gasteiger partial charge in [0.05, 0.1) is 6.54 Å². The Morgan fingerprint density at radius 1 is 1.25 bits per heavy atom. The van der Waals surface area contributed by atoms with Crippen molar-refractivity contribution in [1.29, 1.82) is 0 Å². The van der Waals surface area contributed by atoms with E-state index in [0.29, 0.717) is 0 Å². The van der Waals surface area contributed by atoms with Crippen molar-refractivity contribution in [3.63, 3.8) is 0 Å². The quantitative estimate of drug-likeness (QED) is 0.664. The summed E-state index contributed by atoms with van der Waals surface area (Å²) in [4.78, 5) is 13.5. The summed E-state index contributed by atoms with van der Waals surface area (Å²) in [5.74, 6) is -2.04. The van der Waals surface area contributed by atoms with Crippen molar-refractivity contribution in [1.82, 2.24) is 4.90 Å². The molecule has 0 unspecified atom stereocenters. The van der Waals surface area contributed by atoms with Gasteiger partial charge in [-0.3, -0.25) is 4.79 Å². The summed E-state index contributed by atoms with van der Waals surface area (Å²) in [6.07, 6.45) is 0. The second-order valence-corrected chi connectivity index (χ2v) is 4.95. The predicted molar refractivity (Wildman–Crippen MR) is 56.0 cm³/mol. The monoisotopic (exact) mass is 225 g/mol. The molecule has 0 radical (unpaired) electrons. The van der Waals surface area contributed by atoms with Gasteiger partial charge in [0.2, 0.25) is 0 Å². The van der Waals surface area contributed by atoms with E-state index in [9.17, 15) is 13.6 Å². The Bertz CT molecular complexity index is 463. The molecule has 2 rings (SSSR count). The largest absolute Gasteiger partial charge is 0.329 e. The van der Waals surface area contributed by atoms with Crippen LogP contribution in [0.5, 0.6) is 0 Å². The first-order chi connectivity index (χ1) is 7.32. The van der Waals surface area contributed by atoms with Crippen molar-refractivity contribution >= 4 is 5.91 Å². The van der Waals surface area contributed by atoms with Crippen LogP contribution >= 0.6 is 0 Å². The van der Waals surface area contributed by atoms with Crippen LogP contribution in [0.2, 0.25) is 0 Å². The zero-order valence-corrected chi connectivity index (χ0v) is 9.47. The molecule has 1 aliphatic heterocycles. The van der Waals surface area contributed by atoms with E-state index in [2.05, 4.69) is 0 Å². The minimum Gasteiger partial charge on any atom is -0.329 e. The van der Waals surface area contributed by atoms with Crippen molar-refractivity contribution < 1.29 is 13.6 Å². The van der Waals surface area contributed by atoms with Gasteiger partial charge in [0.15, 0.2) is 11.6 Å². The number of rotatable bonds is 0. The first-order valence-electron chi connectivity index (χ1n) is 5.11. The highest BCUT2D eigenvalue weighted by Crippen LogP contribution is 2.31. The minimum absolute atomic E-state index is 0.140. The molecule has 0 aromatic heterocycles. The average Bonchev–Trinajstić information content (AvgIpc) is 2.50. The SMILES string of the molecule is CC(C)(C)N1Cc2c(ccc(F)c2F)C1=O. The topological polar surface area (TPSA) is 20.3 Å². The number of amides is 1. The number of carbonyl (C=O) groups is 1. The Morgan fingerprint density at radius 3 is 2.44 bits per heavy atom. The second kappa shape index (κ2) is 3.27. The molecule has 0 spiro atoms. The molecule has 16 heavy (non-hydrogen) atoms. The van der Waals surface area contributed by atoms with Crippen LogP contribution in [-0.4, -0.2) is 16.3 Å². The predicted octanol–water partition coefficient (Wildman–Crippen LogP) is 2.72. The number of nitrogens with zero attached hydrogens (tertiary/aromatic N) is 1. The fourth-order valence-electron chi connectivity index (χ4n) is 1.86. The number of carbonyl (C=O) groups excluding carboxylic acids is 1. The van der Waals surface area contributed by atoms with E-state index < -0.39 is 11.6 Å². The molecule has 0 N–H and O–H groups in total. The van der Waals surface area contributed by atoms with Crippen molar-refractivity contribution in [3.05, 3.63) is 34.9 Å². The molecular weight excluding hydrogens is 212 g/mol. The van der Waals surface area contributed by atoms with Gasteiger partial charge in [-0.2, -0.15) is 0 Å². The van der Waals surface area contributed by atoms with Gasteiger partial charge in [-0.25, -0.2) is 8.78 Å². The zero-order valence-electron chi connectivity index (χ0n) is 9.47. The molecule has 1 aliphatic rings. The summed E-state index contributed by atoms with van der Waals surface area (Å²) in [5, 5.41) is 0. The molecule has 1 aromatic rings. The first-order valence-corrected chi connectivity index (χ1v) is 5.11. The summed E-state index contributed by atoms with van der Waals surface area (Å²) in [6.45, 7) is 5.74. The van der Waals surface area contributed by atoms with E-state index in [4.69, 9.17) is 0 Å². The van der Waals surface area contributed by atoms with E-state index in [1.54, 1.807) is 4.90 Å². The third kappa shape index (κ3) is 1.49. The average molecular weight is 225 g/mol. The summed E-state index contributed by atoms with van der Waals surface area (Å²) in [5.41, 5.74) is 0.0488. The third-order valence-electron chi connectivity index (χ3n) is 2.80. The Kier molecular flexibility index (Phi) is 2.26. The van der Waals surface area contributed by atoms with Gasteiger partial charge in [-0.05, 0) is 32.9 Å². The molecule has 1 amide bonds. The van der Waals surface area contributed by atoms with Crippen molar-refractivity contribution in [2.45, 2.75) is 32.9 Å². The van der Waals surface area contributed by atoms with E-state index in [-0.39, 0.29) is 29.1 Å². The highest BCUT2D eigenvalue weighted by Gasteiger charge is 2.36. The van der Waals surface area contributed by atoms with E-state index in [1.807, 2.05) is 20.8 Å². The molecule has 0 aliphatic carbocycles. The first kappa shape index (κ1) is 11.0.